The molecular weight excluding hydrogens is 365 g/mol. The van der Waals surface area contributed by atoms with Crippen molar-refractivity contribution in [2.75, 3.05) is 5.32 Å². The Bertz CT molecular complexity index is 805. The van der Waals surface area contributed by atoms with Crippen LogP contribution < -0.4 is 5.32 Å². The van der Waals surface area contributed by atoms with Crippen LogP contribution in [-0.2, 0) is 9.53 Å². The van der Waals surface area contributed by atoms with Gasteiger partial charge in [0.2, 0.25) is 5.91 Å². The van der Waals surface area contributed by atoms with Crippen LogP contribution in [0, 0.1) is 5.92 Å². The number of aliphatic hydroxyl groups excluding tert-OH is 1. The van der Waals surface area contributed by atoms with Gasteiger partial charge in [-0.05, 0) is 23.8 Å². The summed E-state index contributed by atoms with van der Waals surface area (Å²) in [6.07, 6.45) is 3.96. The molecule has 0 aromatic carbocycles. The molecule has 130 valence electrons. The van der Waals surface area contributed by atoms with Crippen LogP contribution in [0.2, 0.25) is 10.2 Å². The number of pyridine rings is 2. The van der Waals surface area contributed by atoms with Crippen LogP contribution in [0.15, 0.2) is 36.8 Å². The SMILES string of the molecule is O=C(Nc1cnc(Cl)c(Cl)c1)[C@H]1[C@@H](c2ccncc2)[C@H]2O[C@@H]1C[C@@H]2O. The lowest BCUT2D eigenvalue weighted by molar-refractivity contribution is -0.121. The number of nitrogens with one attached hydrogen (secondary N) is 1. The maximum atomic E-state index is 12.9. The molecule has 6 nitrogen and oxygen atoms in total. The zero-order valence-electron chi connectivity index (χ0n) is 13.0. The Kier molecular flexibility index (Phi) is 4.37. The average molecular weight is 380 g/mol. The molecule has 0 unspecified atom stereocenters. The number of carbonyl (C=O) groups is 1. The summed E-state index contributed by atoms with van der Waals surface area (Å²) < 4.78 is 5.87. The van der Waals surface area contributed by atoms with Crippen LogP contribution in [0.5, 0.6) is 0 Å². The summed E-state index contributed by atoms with van der Waals surface area (Å²) in [4.78, 5) is 20.8. The smallest absolute Gasteiger partial charge is 0.230 e. The number of halogens is 2. The minimum atomic E-state index is -0.571. The minimum Gasteiger partial charge on any atom is -0.390 e. The molecule has 2 bridgehead atoms. The van der Waals surface area contributed by atoms with Gasteiger partial charge in [-0.2, -0.15) is 0 Å². The van der Waals surface area contributed by atoms with Gasteiger partial charge >= 0.3 is 0 Å². The van der Waals surface area contributed by atoms with Crippen LogP contribution in [0.25, 0.3) is 0 Å². The maximum absolute atomic E-state index is 12.9. The van der Waals surface area contributed by atoms with Crippen molar-refractivity contribution in [3.63, 3.8) is 0 Å². The topological polar surface area (TPSA) is 84.3 Å². The predicted molar refractivity (Wildman–Crippen MR) is 92.6 cm³/mol. The van der Waals surface area contributed by atoms with Gasteiger partial charge in [-0.3, -0.25) is 9.78 Å². The fourth-order valence-corrected chi connectivity index (χ4v) is 4.01. The van der Waals surface area contributed by atoms with Crippen LogP contribution >= 0.6 is 23.2 Å². The normalized spacial score (nSPS) is 30.4. The van der Waals surface area contributed by atoms with E-state index in [1.165, 1.54) is 6.20 Å². The van der Waals surface area contributed by atoms with E-state index in [9.17, 15) is 9.90 Å². The number of ether oxygens (including phenoxy) is 1. The zero-order chi connectivity index (χ0) is 17.6. The number of anilines is 1. The number of hydrogen-bond donors (Lipinski definition) is 2. The highest BCUT2D eigenvalue weighted by atomic mass is 35.5. The molecule has 2 aliphatic heterocycles. The molecule has 8 heteroatoms. The molecule has 2 N–H and O–H groups in total. The molecule has 2 fully saturated rings. The largest absolute Gasteiger partial charge is 0.390 e. The molecule has 0 aliphatic carbocycles. The van der Waals surface area contributed by atoms with E-state index in [-0.39, 0.29) is 28.1 Å². The number of aromatic nitrogens is 2. The number of nitrogens with zero attached hydrogens (tertiary/aromatic N) is 2. The first-order chi connectivity index (χ1) is 12.0. The van der Waals surface area contributed by atoms with Gasteiger partial charge in [0.15, 0.2) is 0 Å². The average Bonchev–Trinajstić information content (AvgIpc) is 3.16. The standard InChI is InChI=1S/C17H15Cl2N3O3/c18-10-5-9(7-21-16(10)19)22-17(24)14-12-6-11(23)15(25-12)13(14)8-1-3-20-4-2-8/h1-5,7,11-15,23H,6H2,(H,22,24)/t11-,12+,13+,14+,15-/m0/s1. The van der Waals surface area contributed by atoms with Crippen molar-refractivity contribution in [3.05, 3.63) is 52.5 Å². The lowest BCUT2D eigenvalue weighted by Crippen LogP contribution is -2.41. The molecule has 2 aliphatic rings. The summed E-state index contributed by atoms with van der Waals surface area (Å²) in [5.74, 6) is -0.834. The Morgan fingerprint density at radius 1 is 1.32 bits per heavy atom. The van der Waals surface area contributed by atoms with Crippen molar-refractivity contribution in [2.45, 2.75) is 30.7 Å². The highest BCUT2D eigenvalue weighted by Crippen LogP contribution is 2.49. The fraction of sp³-hybridized carbons (Fsp3) is 0.353. The summed E-state index contributed by atoms with van der Waals surface area (Å²) >= 11 is 11.8. The van der Waals surface area contributed by atoms with Gasteiger partial charge in [-0.25, -0.2) is 4.98 Å². The quantitative estimate of drug-likeness (QED) is 0.800. The van der Waals surface area contributed by atoms with Gasteiger partial charge in [0.05, 0.1) is 41.1 Å². The Hall–Kier alpha value is -1.73. The Labute approximate surface area is 154 Å². The fourth-order valence-electron chi connectivity index (χ4n) is 3.74. The molecular formula is C17H15Cl2N3O3. The third kappa shape index (κ3) is 3.00. The van der Waals surface area contributed by atoms with Gasteiger partial charge in [-0.1, -0.05) is 23.2 Å². The van der Waals surface area contributed by atoms with E-state index in [4.69, 9.17) is 27.9 Å². The summed E-state index contributed by atoms with van der Waals surface area (Å²) in [7, 11) is 0. The van der Waals surface area contributed by atoms with Crippen molar-refractivity contribution in [3.8, 4) is 0 Å². The molecule has 0 radical (unpaired) electrons. The number of amides is 1. The number of rotatable bonds is 3. The minimum absolute atomic E-state index is 0.181. The molecule has 5 atom stereocenters. The summed E-state index contributed by atoms with van der Waals surface area (Å²) in [6, 6.07) is 5.25. The van der Waals surface area contributed by atoms with E-state index >= 15 is 0 Å². The van der Waals surface area contributed by atoms with E-state index in [2.05, 4.69) is 15.3 Å². The molecule has 2 aromatic rings. The van der Waals surface area contributed by atoms with Crippen LogP contribution in [0.1, 0.15) is 17.9 Å². The maximum Gasteiger partial charge on any atom is 0.230 e. The van der Waals surface area contributed by atoms with E-state index in [0.29, 0.717) is 12.1 Å². The van der Waals surface area contributed by atoms with Crippen molar-refractivity contribution >= 4 is 34.8 Å². The second-order valence-corrected chi connectivity index (χ2v) is 7.03. The van der Waals surface area contributed by atoms with E-state index in [1.807, 2.05) is 12.1 Å². The molecule has 25 heavy (non-hydrogen) atoms. The molecule has 4 rings (SSSR count). The second kappa shape index (κ2) is 6.53. The van der Waals surface area contributed by atoms with Gasteiger partial charge < -0.3 is 15.2 Å². The third-order valence-corrected chi connectivity index (χ3v) is 5.47. The number of fused-ring (bicyclic) bond motifs is 2. The van der Waals surface area contributed by atoms with Crippen molar-refractivity contribution < 1.29 is 14.6 Å². The van der Waals surface area contributed by atoms with E-state index in [0.717, 1.165) is 5.56 Å². The number of aliphatic hydroxyl groups is 1. The molecule has 2 saturated heterocycles. The summed E-state index contributed by atoms with van der Waals surface area (Å²) in [6.45, 7) is 0. The predicted octanol–water partition coefficient (Wildman–Crippen LogP) is 2.65. The van der Waals surface area contributed by atoms with Crippen LogP contribution in [0.4, 0.5) is 5.69 Å². The van der Waals surface area contributed by atoms with Gasteiger partial charge in [0, 0.05) is 24.7 Å². The van der Waals surface area contributed by atoms with Gasteiger partial charge in [0.1, 0.15) is 5.15 Å². The molecule has 4 heterocycles. The van der Waals surface area contributed by atoms with E-state index < -0.39 is 18.1 Å². The molecule has 0 spiro atoms. The Morgan fingerprint density at radius 3 is 2.80 bits per heavy atom. The summed E-state index contributed by atoms with van der Waals surface area (Å²) in [5, 5.41) is 13.5. The first-order valence-electron chi connectivity index (χ1n) is 7.90. The molecule has 1 amide bonds. The van der Waals surface area contributed by atoms with E-state index in [1.54, 1.807) is 18.5 Å². The van der Waals surface area contributed by atoms with Crippen molar-refractivity contribution in [2.24, 2.45) is 5.92 Å². The Balaban J connectivity index is 1.61. The highest BCUT2D eigenvalue weighted by molar-refractivity contribution is 6.41. The number of carbonyl (C=O) groups excluding carboxylic acids is 1. The first-order valence-corrected chi connectivity index (χ1v) is 8.65. The van der Waals surface area contributed by atoms with Crippen LogP contribution in [0.3, 0.4) is 0 Å². The van der Waals surface area contributed by atoms with Gasteiger partial charge in [0.25, 0.3) is 0 Å². The molecule has 2 aromatic heterocycles. The van der Waals surface area contributed by atoms with Gasteiger partial charge in [-0.15, -0.1) is 0 Å². The van der Waals surface area contributed by atoms with Crippen LogP contribution in [-0.4, -0.2) is 39.3 Å². The monoisotopic (exact) mass is 379 g/mol. The summed E-state index contributed by atoms with van der Waals surface area (Å²) in [5.41, 5.74) is 1.39. The number of hydrogen-bond acceptors (Lipinski definition) is 5. The van der Waals surface area contributed by atoms with Crippen molar-refractivity contribution in [1.29, 1.82) is 0 Å². The zero-order valence-corrected chi connectivity index (χ0v) is 14.5. The Morgan fingerprint density at radius 2 is 2.08 bits per heavy atom. The molecule has 0 saturated carbocycles. The lowest BCUT2D eigenvalue weighted by atomic mass is 9.74. The third-order valence-electron chi connectivity index (χ3n) is 4.78. The highest BCUT2D eigenvalue weighted by Gasteiger charge is 2.56. The lowest BCUT2D eigenvalue weighted by Gasteiger charge is -2.30. The first kappa shape index (κ1) is 16.7. The van der Waals surface area contributed by atoms with Crippen molar-refractivity contribution in [1.82, 2.24) is 9.97 Å². The second-order valence-electron chi connectivity index (χ2n) is 6.26.